The summed E-state index contributed by atoms with van der Waals surface area (Å²) in [7, 11) is 0. The number of rotatable bonds is 3. The number of pyridine rings is 1. The molecule has 2 aromatic heterocycles. The molecule has 0 aliphatic heterocycles. The maximum absolute atomic E-state index is 13.5. The van der Waals surface area contributed by atoms with E-state index in [-0.39, 0.29) is 5.78 Å². The number of halogens is 2. The summed E-state index contributed by atoms with van der Waals surface area (Å²) in [6, 6.07) is 37.7. The van der Waals surface area contributed by atoms with Crippen LogP contribution in [0.3, 0.4) is 0 Å². The van der Waals surface area contributed by atoms with Gasteiger partial charge in [-0.2, -0.15) is 0 Å². The number of carbonyl (C=O) groups is 1. The summed E-state index contributed by atoms with van der Waals surface area (Å²) in [5, 5.41) is 15.9. The topological polar surface area (TPSA) is 46.7 Å². The van der Waals surface area contributed by atoms with Crippen molar-refractivity contribution < 1.29 is 4.79 Å². The summed E-state index contributed by atoms with van der Waals surface area (Å²) in [5.74, 6) is -0.0680. The molecule has 54 heavy (non-hydrogen) atoms. The standard InChI is InChI=1S/C48H29Cl2N3O/c1-23-17-27-9-5-6-10-28(27)18-39(23)51-24(2)31-13-14-32-33-15-16-34-43-35(25(3)53-41-20-30-12-8-7-11-29(30)19-40(41)52-48(34)53)21-37(49)46(45(33)43)47-38(50)22-36(26(4)54)42(31)44(32)47/h5-22H,3H2,1-2,4H3. The normalized spacial score (nSPS) is 12.8. The fourth-order valence-electron chi connectivity index (χ4n) is 9.04. The summed E-state index contributed by atoms with van der Waals surface area (Å²) < 4.78 is 2.16. The van der Waals surface area contributed by atoms with E-state index < -0.39 is 0 Å². The first kappa shape index (κ1) is 31.5. The van der Waals surface area contributed by atoms with Crippen molar-refractivity contribution in [1.82, 2.24) is 9.38 Å². The van der Waals surface area contributed by atoms with Gasteiger partial charge in [0.05, 0.1) is 16.7 Å². The average molecular weight is 735 g/mol. The summed E-state index contributed by atoms with van der Waals surface area (Å²) >= 11 is 14.7. The van der Waals surface area contributed by atoms with Gasteiger partial charge < -0.3 is 0 Å². The van der Waals surface area contributed by atoms with Gasteiger partial charge in [0, 0.05) is 75.3 Å². The highest BCUT2D eigenvalue weighted by Gasteiger charge is 2.26. The van der Waals surface area contributed by atoms with Crippen LogP contribution in [-0.4, -0.2) is 20.9 Å². The highest BCUT2D eigenvalue weighted by Crippen LogP contribution is 2.49. The van der Waals surface area contributed by atoms with Crippen LogP contribution in [-0.2, 0) is 0 Å². The maximum atomic E-state index is 13.5. The Morgan fingerprint density at radius 3 is 1.93 bits per heavy atom. The predicted octanol–water partition coefficient (Wildman–Crippen LogP) is 13.1. The largest absolute Gasteiger partial charge is 0.294 e. The Morgan fingerprint density at radius 1 is 0.630 bits per heavy atom. The molecule has 9 aromatic carbocycles. The van der Waals surface area contributed by atoms with E-state index in [0.29, 0.717) is 15.6 Å². The van der Waals surface area contributed by atoms with Crippen molar-refractivity contribution in [2.75, 3.05) is 0 Å². The van der Waals surface area contributed by atoms with Crippen LogP contribution in [0.15, 0.2) is 114 Å². The molecule has 11 rings (SSSR count). The lowest BCUT2D eigenvalue weighted by molar-refractivity contribution is 0.101. The molecule has 0 unspecified atom stereocenters. The molecule has 0 radical (unpaired) electrons. The second-order valence-corrected chi connectivity index (χ2v) is 15.3. The van der Waals surface area contributed by atoms with Crippen LogP contribution in [0, 0.1) is 6.92 Å². The number of aryl methyl sites for hydroxylation is 1. The van der Waals surface area contributed by atoms with Crippen molar-refractivity contribution in [2.45, 2.75) is 20.8 Å². The van der Waals surface area contributed by atoms with Crippen molar-refractivity contribution >= 4 is 139 Å². The summed E-state index contributed by atoms with van der Waals surface area (Å²) in [6.45, 7) is 10.3. The SMILES string of the molecule is C=c1c2cc(Cl)c3c4c(Cl)cc(C(C)=O)c5c(C(C)=Nc6cc7ccccc7cc6C)ccc(c6ccc(c2c63)c2nc3cc6ccccc6cc3n12)c54. The third-order valence-electron chi connectivity index (χ3n) is 11.5. The molecule has 256 valence electrons. The van der Waals surface area contributed by atoms with Crippen LogP contribution in [0.1, 0.15) is 35.3 Å². The molecule has 0 amide bonds. The third-order valence-corrected chi connectivity index (χ3v) is 12.1. The van der Waals surface area contributed by atoms with Crippen LogP contribution >= 0.6 is 23.2 Å². The smallest absolute Gasteiger partial charge is 0.160 e. The second-order valence-electron chi connectivity index (χ2n) is 14.5. The lowest BCUT2D eigenvalue weighted by Crippen LogP contribution is -2.13. The molecule has 0 saturated heterocycles. The molecule has 2 heterocycles. The van der Waals surface area contributed by atoms with E-state index in [1.54, 1.807) is 6.92 Å². The second kappa shape index (κ2) is 11.0. The molecule has 0 saturated carbocycles. The number of imidazole rings is 1. The van der Waals surface area contributed by atoms with Crippen LogP contribution in [0.4, 0.5) is 5.69 Å². The Balaban J connectivity index is 1.27. The van der Waals surface area contributed by atoms with E-state index in [2.05, 4.69) is 103 Å². The van der Waals surface area contributed by atoms with Gasteiger partial charge >= 0.3 is 0 Å². The number of fused-ring (bicyclic) bond motifs is 8. The molecule has 11 aromatic rings. The molecule has 0 spiro atoms. The van der Waals surface area contributed by atoms with E-state index >= 15 is 0 Å². The highest BCUT2D eigenvalue weighted by molar-refractivity contribution is 6.51. The van der Waals surface area contributed by atoms with Crippen molar-refractivity contribution in [1.29, 1.82) is 0 Å². The number of aromatic nitrogens is 2. The summed E-state index contributed by atoms with van der Waals surface area (Å²) in [4.78, 5) is 23.9. The van der Waals surface area contributed by atoms with Crippen LogP contribution in [0.2, 0.25) is 10.0 Å². The molecule has 4 nitrogen and oxygen atoms in total. The Labute approximate surface area is 318 Å². The highest BCUT2D eigenvalue weighted by atomic mass is 35.5. The van der Waals surface area contributed by atoms with Gasteiger partial charge in [0.15, 0.2) is 5.78 Å². The molecular weight excluding hydrogens is 705 g/mol. The Bertz CT molecular complexity index is 3600. The first-order valence-electron chi connectivity index (χ1n) is 17.9. The average Bonchev–Trinajstić information content (AvgIpc) is 3.54. The Kier molecular flexibility index (Phi) is 6.40. The van der Waals surface area contributed by atoms with Gasteiger partial charge in [0.25, 0.3) is 0 Å². The zero-order valence-corrected chi connectivity index (χ0v) is 31.1. The molecule has 0 atom stereocenters. The van der Waals surface area contributed by atoms with Crippen LogP contribution in [0.5, 0.6) is 0 Å². The molecule has 6 heteroatoms. The number of Topliss-reactive ketones (excluding diaryl/α,β-unsaturated/α-hetero) is 1. The maximum Gasteiger partial charge on any atom is 0.160 e. The van der Waals surface area contributed by atoms with Gasteiger partial charge in [-0.15, -0.1) is 0 Å². The van der Waals surface area contributed by atoms with Crippen LogP contribution in [0.25, 0.3) is 98.7 Å². The monoisotopic (exact) mass is 733 g/mol. The number of aliphatic imine (C=N–C) groups is 1. The van der Waals surface area contributed by atoms with Gasteiger partial charge in [0.2, 0.25) is 0 Å². The number of hydrogen-bond acceptors (Lipinski definition) is 3. The number of benzene rings is 9. The first-order chi connectivity index (χ1) is 26.2. The zero-order valence-electron chi connectivity index (χ0n) is 29.6. The van der Waals surface area contributed by atoms with Crippen LogP contribution < -0.4 is 5.35 Å². The molecule has 0 bridgehead atoms. The fourth-order valence-corrected chi connectivity index (χ4v) is 9.63. The number of nitrogens with zero attached hydrogens (tertiary/aromatic N) is 3. The molecule has 0 N–H and O–H groups in total. The van der Waals surface area contributed by atoms with Crippen molar-refractivity contribution in [3.8, 4) is 0 Å². The predicted molar refractivity (Wildman–Crippen MR) is 230 cm³/mol. The number of hydrogen-bond donors (Lipinski definition) is 0. The molecule has 0 fully saturated rings. The number of ketones is 1. The first-order valence-corrected chi connectivity index (χ1v) is 18.7. The zero-order chi connectivity index (χ0) is 36.7. The Hall–Kier alpha value is -6.07. The minimum atomic E-state index is -0.0680. The summed E-state index contributed by atoms with van der Waals surface area (Å²) in [5.41, 5.74) is 6.96. The third kappa shape index (κ3) is 4.12. The van der Waals surface area contributed by atoms with E-state index in [1.165, 1.54) is 5.39 Å². The lowest BCUT2D eigenvalue weighted by atomic mass is 9.84. The van der Waals surface area contributed by atoms with Gasteiger partial charge in [-0.05, 0) is 101 Å². The fraction of sp³-hybridized carbons (Fsp3) is 0.0625. The number of carbonyl (C=O) groups excluding carboxylic acids is 1. The van der Waals surface area contributed by atoms with Gasteiger partial charge in [-0.1, -0.05) is 96.5 Å². The van der Waals surface area contributed by atoms with Gasteiger partial charge in [-0.25, -0.2) is 4.98 Å². The lowest BCUT2D eigenvalue weighted by Gasteiger charge is -2.21. The quantitative estimate of drug-likeness (QED) is 0.0785. The molecular formula is C48H29Cl2N3O. The summed E-state index contributed by atoms with van der Waals surface area (Å²) in [6.07, 6.45) is 0. The minimum absolute atomic E-state index is 0.0680. The van der Waals surface area contributed by atoms with Crippen molar-refractivity contribution in [3.05, 3.63) is 141 Å². The van der Waals surface area contributed by atoms with Gasteiger partial charge in [0.1, 0.15) is 5.65 Å². The van der Waals surface area contributed by atoms with E-state index in [9.17, 15) is 4.79 Å². The van der Waals surface area contributed by atoms with Crippen molar-refractivity contribution in [2.24, 2.45) is 4.99 Å². The van der Waals surface area contributed by atoms with E-state index in [0.717, 1.165) is 115 Å². The molecule has 0 aliphatic rings. The minimum Gasteiger partial charge on any atom is -0.294 e. The Morgan fingerprint density at radius 2 is 1.22 bits per heavy atom. The van der Waals surface area contributed by atoms with Crippen molar-refractivity contribution in [3.63, 3.8) is 0 Å². The van der Waals surface area contributed by atoms with Gasteiger partial charge in [-0.3, -0.25) is 14.2 Å². The van der Waals surface area contributed by atoms with E-state index in [4.69, 9.17) is 33.2 Å². The van der Waals surface area contributed by atoms with E-state index in [1.807, 2.05) is 31.2 Å². The molecule has 0 aliphatic carbocycles.